The van der Waals surface area contributed by atoms with Gasteiger partial charge in [0.25, 0.3) is 0 Å². The first-order valence-corrected chi connectivity index (χ1v) is 4.13. The maximum Gasteiger partial charge on any atom is 0.410 e. The van der Waals surface area contributed by atoms with Gasteiger partial charge < -0.3 is 10.0 Å². The molecule has 0 aliphatic rings. The van der Waals surface area contributed by atoms with Crippen LogP contribution in [0.3, 0.4) is 0 Å². The van der Waals surface area contributed by atoms with Crippen molar-refractivity contribution in [2.75, 3.05) is 24.3 Å². The van der Waals surface area contributed by atoms with Crippen molar-refractivity contribution in [1.82, 2.24) is 4.98 Å². The normalized spacial score (nSPS) is 9.13. The minimum atomic E-state index is -1.20. The van der Waals surface area contributed by atoms with Gasteiger partial charge in [0.05, 0.1) is 5.69 Å². The Bertz CT molecular complexity index is 423. The van der Waals surface area contributed by atoms with Crippen LogP contribution in [-0.4, -0.2) is 30.3 Å². The number of pyridine rings is 1. The van der Waals surface area contributed by atoms with E-state index in [-0.39, 0.29) is 11.5 Å². The minimum absolute atomic E-state index is 0.143. The molecular weight excluding hydrogens is 196 g/mol. The van der Waals surface area contributed by atoms with E-state index in [0.717, 1.165) is 0 Å². The van der Waals surface area contributed by atoms with Gasteiger partial charge in [-0.3, -0.25) is 5.32 Å². The third-order valence-electron chi connectivity index (χ3n) is 1.70. The molecule has 0 unspecified atom stereocenters. The number of anilines is 2. The van der Waals surface area contributed by atoms with Crippen LogP contribution < -0.4 is 10.2 Å². The highest BCUT2D eigenvalue weighted by Crippen LogP contribution is 2.18. The summed E-state index contributed by atoms with van der Waals surface area (Å²) < 4.78 is 0. The Morgan fingerprint density at radius 2 is 2.27 bits per heavy atom. The van der Waals surface area contributed by atoms with Crippen molar-refractivity contribution in [3.05, 3.63) is 17.8 Å². The molecule has 1 aromatic heterocycles. The summed E-state index contributed by atoms with van der Waals surface area (Å²) in [5.41, 5.74) is 0.833. The van der Waals surface area contributed by atoms with E-state index in [1.54, 1.807) is 25.1 Å². The number of nitrogens with zero attached hydrogens (tertiary/aromatic N) is 3. The summed E-state index contributed by atoms with van der Waals surface area (Å²) in [5.74, 6) is 0.143. The second kappa shape index (κ2) is 4.28. The number of nitriles is 1. The third kappa shape index (κ3) is 2.57. The van der Waals surface area contributed by atoms with Crippen molar-refractivity contribution in [1.29, 1.82) is 5.26 Å². The Morgan fingerprint density at radius 3 is 2.73 bits per heavy atom. The lowest BCUT2D eigenvalue weighted by Gasteiger charge is -2.13. The molecule has 78 valence electrons. The second-order valence-electron chi connectivity index (χ2n) is 3.00. The number of rotatable bonds is 2. The van der Waals surface area contributed by atoms with Gasteiger partial charge in [0.2, 0.25) is 0 Å². The SMILES string of the molecule is CN(C)c1ccc(NC(=O)O)nc1C#N. The van der Waals surface area contributed by atoms with Crippen LogP contribution >= 0.6 is 0 Å². The summed E-state index contributed by atoms with van der Waals surface area (Å²) in [4.78, 5) is 15.9. The lowest BCUT2D eigenvalue weighted by atomic mass is 10.3. The van der Waals surface area contributed by atoms with Crippen molar-refractivity contribution >= 4 is 17.6 Å². The van der Waals surface area contributed by atoms with E-state index in [9.17, 15) is 4.79 Å². The summed E-state index contributed by atoms with van der Waals surface area (Å²) in [6.45, 7) is 0. The van der Waals surface area contributed by atoms with Crippen LogP contribution in [0.4, 0.5) is 16.3 Å². The van der Waals surface area contributed by atoms with Crippen molar-refractivity contribution in [2.24, 2.45) is 0 Å². The number of hydrogen-bond donors (Lipinski definition) is 2. The molecule has 1 heterocycles. The minimum Gasteiger partial charge on any atom is -0.465 e. The Kier molecular flexibility index (Phi) is 3.08. The average molecular weight is 206 g/mol. The van der Waals surface area contributed by atoms with E-state index in [4.69, 9.17) is 10.4 Å². The zero-order valence-electron chi connectivity index (χ0n) is 8.35. The summed E-state index contributed by atoms with van der Waals surface area (Å²) >= 11 is 0. The Hall–Kier alpha value is -2.29. The first-order valence-electron chi connectivity index (χ1n) is 4.13. The van der Waals surface area contributed by atoms with Gasteiger partial charge in [-0.1, -0.05) is 0 Å². The molecule has 0 aromatic carbocycles. The molecule has 0 spiro atoms. The number of nitrogens with one attached hydrogen (secondary N) is 1. The molecule has 1 aromatic rings. The molecule has 1 amide bonds. The van der Waals surface area contributed by atoms with Crippen LogP contribution in [0.15, 0.2) is 12.1 Å². The zero-order chi connectivity index (χ0) is 11.4. The maximum atomic E-state index is 10.3. The van der Waals surface area contributed by atoms with Gasteiger partial charge >= 0.3 is 6.09 Å². The number of carbonyl (C=O) groups is 1. The molecule has 6 heteroatoms. The van der Waals surface area contributed by atoms with Crippen LogP contribution in [0.5, 0.6) is 0 Å². The Morgan fingerprint density at radius 1 is 1.60 bits per heavy atom. The van der Waals surface area contributed by atoms with E-state index >= 15 is 0 Å². The number of hydrogen-bond acceptors (Lipinski definition) is 4. The predicted molar refractivity (Wildman–Crippen MR) is 54.9 cm³/mol. The predicted octanol–water partition coefficient (Wildman–Crippen LogP) is 1.11. The Balaban J connectivity index is 3.09. The van der Waals surface area contributed by atoms with E-state index in [1.807, 2.05) is 6.07 Å². The van der Waals surface area contributed by atoms with E-state index in [1.165, 1.54) is 6.07 Å². The zero-order valence-corrected chi connectivity index (χ0v) is 8.35. The fourth-order valence-corrected chi connectivity index (χ4v) is 1.07. The molecule has 0 aliphatic heterocycles. The van der Waals surface area contributed by atoms with Crippen molar-refractivity contribution in [2.45, 2.75) is 0 Å². The molecule has 0 saturated carbocycles. The molecule has 1 rings (SSSR count). The molecule has 0 atom stereocenters. The average Bonchev–Trinajstić information content (AvgIpc) is 2.16. The van der Waals surface area contributed by atoms with E-state index in [0.29, 0.717) is 5.69 Å². The smallest absolute Gasteiger partial charge is 0.410 e. The molecule has 0 bridgehead atoms. The number of carboxylic acid groups (broad SMARTS) is 1. The second-order valence-corrected chi connectivity index (χ2v) is 3.00. The molecule has 6 nitrogen and oxygen atoms in total. The fourth-order valence-electron chi connectivity index (χ4n) is 1.07. The van der Waals surface area contributed by atoms with E-state index in [2.05, 4.69) is 10.3 Å². The highest BCUT2D eigenvalue weighted by Gasteiger charge is 2.08. The topological polar surface area (TPSA) is 89.2 Å². The van der Waals surface area contributed by atoms with Crippen LogP contribution in [0, 0.1) is 11.3 Å². The highest BCUT2D eigenvalue weighted by atomic mass is 16.4. The van der Waals surface area contributed by atoms with Crippen molar-refractivity contribution < 1.29 is 9.90 Å². The summed E-state index contributed by atoms with van der Waals surface area (Å²) in [6.07, 6.45) is -1.20. The lowest BCUT2D eigenvalue weighted by molar-refractivity contribution is 0.209. The third-order valence-corrected chi connectivity index (χ3v) is 1.70. The summed E-state index contributed by atoms with van der Waals surface area (Å²) in [5, 5.41) is 19.4. The summed E-state index contributed by atoms with van der Waals surface area (Å²) in [7, 11) is 3.56. The summed E-state index contributed by atoms with van der Waals surface area (Å²) in [6, 6.07) is 5.04. The van der Waals surface area contributed by atoms with Gasteiger partial charge in [-0.05, 0) is 12.1 Å². The van der Waals surface area contributed by atoms with Gasteiger partial charge in [-0.25, -0.2) is 9.78 Å². The molecular formula is C9H10N4O2. The first kappa shape index (κ1) is 10.8. The quantitative estimate of drug-likeness (QED) is 0.756. The first-order chi connectivity index (χ1) is 7.04. The van der Waals surface area contributed by atoms with Crippen molar-refractivity contribution in [3.63, 3.8) is 0 Å². The van der Waals surface area contributed by atoms with Crippen LogP contribution in [-0.2, 0) is 0 Å². The van der Waals surface area contributed by atoms with Gasteiger partial charge in [-0.2, -0.15) is 5.26 Å². The van der Waals surface area contributed by atoms with Gasteiger partial charge in [-0.15, -0.1) is 0 Å². The maximum absolute atomic E-state index is 10.3. The van der Waals surface area contributed by atoms with Gasteiger partial charge in [0.15, 0.2) is 5.69 Å². The highest BCUT2D eigenvalue weighted by molar-refractivity contribution is 5.81. The molecule has 2 N–H and O–H groups in total. The van der Waals surface area contributed by atoms with Gasteiger partial charge in [0.1, 0.15) is 11.9 Å². The fraction of sp³-hybridized carbons (Fsp3) is 0.222. The lowest BCUT2D eigenvalue weighted by Crippen LogP contribution is -2.13. The van der Waals surface area contributed by atoms with Crippen LogP contribution in [0.25, 0.3) is 0 Å². The molecule has 0 saturated heterocycles. The van der Waals surface area contributed by atoms with Crippen molar-refractivity contribution in [3.8, 4) is 6.07 Å². The van der Waals surface area contributed by atoms with Crippen LogP contribution in [0.2, 0.25) is 0 Å². The van der Waals surface area contributed by atoms with E-state index < -0.39 is 6.09 Å². The molecule has 0 fully saturated rings. The van der Waals surface area contributed by atoms with Gasteiger partial charge in [0, 0.05) is 14.1 Å². The molecule has 0 aliphatic carbocycles. The van der Waals surface area contributed by atoms with Crippen LogP contribution in [0.1, 0.15) is 5.69 Å². The monoisotopic (exact) mass is 206 g/mol. The largest absolute Gasteiger partial charge is 0.465 e. The molecule has 15 heavy (non-hydrogen) atoms. The number of amides is 1. The molecule has 0 radical (unpaired) electrons. The Labute approximate surface area is 86.8 Å². The standard InChI is InChI=1S/C9H10N4O2/c1-13(2)7-3-4-8(12-9(14)15)11-6(7)5-10/h3-4H,1-2H3,(H,11,12)(H,14,15). The number of aromatic nitrogens is 1.